The topological polar surface area (TPSA) is 23.6 Å². The predicted octanol–water partition coefficient (Wildman–Crippen LogP) is 3.09. The molecule has 0 spiro atoms. The molecule has 0 unspecified atom stereocenters. The quantitative estimate of drug-likeness (QED) is 0.869. The molecule has 0 N–H and O–H groups in total. The third-order valence-electron chi connectivity index (χ3n) is 4.28. The van der Waals surface area contributed by atoms with Crippen LogP contribution in [0.1, 0.15) is 21.5 Å². The van der Waals surface area contributed by atoms with E-state index < -0.39 is 0 Å². The Balaban J connectivity index is 1.54. The molecule has 2 aromatic carbocycles. The van der Waals surface area contributed by atoms with Crippen molar-refractivity contribution in [2.75, 3.05) is 26.2 Å². The number of hydrogen-bond acceptors (Lipinski definition) is 2. The van der Waals surface area contributed by atoms with E-state index in [-0.39, 0.29) is 11.7 Å². The lowest BCUT2D eigenvalue weighted by molar-refractivity contribution is 0.0628. The van der Waals surface area contributed by atoms with Crippen LogP contribution >= 0.6 is 0 Å². The smallest absolute Gasteiger partial charge is 0.253 e. The maximum atomic E-state index is 12.9. The molecule has 120 valence electrons. The molecule has 1 fully saturated rings. The van der Waals surface area contributed by atoms with E-state index in [4.69, 9.17) is 0 Å². The van der Waals surface area contributed by atoms with Crippen molar-refractivity contribution < 1.29 is 9.18 Å². The first-order valence-electron chi connectivity index (χ1n) is 7.94. The number of carbonyl (C=O) groups is 1. The van der Waals surface area contributed by atoms with Gasteiger partial charge in [-0.05, 0) is 36.8 Å². The van der Waals surface area contributed by atoms with E-state index in [0.29, 0.717) is 18.7 Å². The van der Waals surface area contributed by atoms with Gasteiger partial charge in [-0.15, -0.1) is 0 Å². The third-order valence-corrected chi connectivity index (χ3v) is 4.28. The molecule has 4 heteroatoms. The van der Waals surface area contributed by atoms with E-state index in [1.807, 2.05) is 4.90 Å². The molecule has 1 amide bonds. The first-order chi connectivity index (χ1) is 11.1. The second kappa shape index (κ2) is 6.92. The minimum absolute atomic E-state index is 0.0139. The van der Waals surface area contributed by atoms with Crippen molar-refractivity contribution in [1.29, 1.82) is 0 Å². The lowest BCUT2D eigenvalue weighted by Crippen LogP contribution is -2.48. The molecule has 0 aliphatic carbocycles. The normalized spacial score (nSPS) is 15.7. The Kier molecular flexibility index (Phi) is 4.72. The fourth-order valence-corrected chi connectivity index (χ4v) is 2.84. The first kappa shape index (κ1) is 15.7. The van der Waals surface area contributed by atoms with Crippen LogP contribution in [0.25, 0.3) is 0 Å². The van der Waals surface area contributed by atoms with Gasteiger partial charge in [-0.1, -0.05) is 29.8 Å². The van der Waals surface area contributed by atoms with Gasteiger partial charge in [0.15, 0.2) is 0 Å². The minimum atomic E-state index is -0.315. The number of benzene rings is 2. The number of piperazine rings is 1. The van der Waals surface area contributed by atoms with Crippen molar-refractivity contribution in [3.63, 3.8) is 0 Å². The molecule has 3 rings (SSSR count). The van der Waals surface area contributed by atoms with Crippen molar-refractivity contribution >= 4 is 5.91 Å². The van der Waals surface area contributed by atoms with Gasteiger partial charge in [0, 0.05) is 38.3 Å². The summed E-state index contributed by atoms with van der Waals surface area (Å²) in [7, 11) is 0. The number of halogens is 1. The molecule has 1 aliphatic rings. The zero-order valence-corrected chi connectivity index (χ0v) is 13.3. The monoisotopic (exact) mass is 312 g/mol. The van der Waals surface area contributed by atoms with Crippen LogP contribution in [0.3, 0.4) is 0 Å². The molecule has 1 saturated heterocycles. The van der Waals surface area contributed by atoms with Crippen LogP contribution in [0.15, 0.2) is 48.5 Å². The zero-order chi connectivity index (χ0) is 16.2. The maximum absolute atomic E-state index is 12.9. The Labute approximate surface area is 136 Å². The molecular formula is C19H21FN2O. The van der Waals surface area contributed by atoms with E-state index in [0.717, 1.165) is 19.6 Å². The lowest BCUT2D eigenvalue weighted by atomic mass is 10.1. The molecule has 3 nitrogen and oxygen atoms in total. The Morgan fingerprint density at radius 2 is 1.57 bits per heavy atom. The molecule has 0 saturated carbocycles. The van der Waals surface area contributed by atoms with Crippen LogP contribution in [0.5, 0.6) is 0 Å². The van der Waals surface area contributed by atoms with E-state index in [9.17, 15) is 9.18 Å². The van der Waals surface area contributed by atoms with Gasteiger partial charge in [0.2, 0.25) is 0 Å². The second-order valence-corrected chi connectivity index (χ2v) is 6.06. The largest absolute Gasteiger partial charge is 0.336 e. The van der Waals surface area contributed by atoms with Gasteiger partial charge in [0.25, 0.3) is 5.91 Å². The van der Waals surface area contributed by atoms with E-state index >= 15 is 0 Å². The van der Waals surface area contributed by atoms with Crippen molar-refractivity contribution in [2.24, 2.45) is 0 Å². The van der Waals surface area contributed by atoms with Gasteiger partial charge in [0.05, 0.1) is 0 Å². The number of nitrogens with zero attached hydrogens (tertiary/aromatic N) is 2. The molecule has 0 atom stereocenters. The van der Waals surface area contributed by atoms with Crippen LogP contribution in [0.4, 0.5) is 4.39 Å². The minimum Gasteiger partial charge on any atom is -0.336 e. The Morgan fingerprint density at radius 3 is 2.17 bits per heavy atom. The molecule has 23 heavy (non-hydrogen) atoms. The average Bonchev–Trinajstić information content (AvgIpc) is 2.58. The molecule has 2 aromatic rings. The fraction of sp³-hybridized carbons (Fsp3) is 0.316. The number of amides is 1. The first-order valence-corrected chi connectivity index (χ1v) is 7.94. The van der Waals surface area contributed by atoms with E-state index in [1.54, 1.807) is 12.1 Å². The van der Waals surface area contributed by atoms with Crippen molar-refractivity contribution in [3.05, 3.63) is 71.0 Å². The summed E-state index contributed by atoms with van der Waals surface area (Å²) in [6.45, 7) is 6.15. The molecule has 1 aliphatic heterocycles. The SMILES string of the molecule is Cc1ccc(CN2CCN(C(=O)c3ccc(F)cc3)CC2)cc1. The molecule has 0 aromatic heterocycles. The van der Waals surface area contributed by atoms with Crippen LogP contribution in [0.2, 0.25) is 0 Å². The molecule has 0 bridgehead atoms. The summed E-state index contributed by atoms with van der Waals surface area (Å²) in [5.74, 6) is -0.329. The Morgan fingerprint density at radius 1 is 0.957 bits per heavy atom. The summed E-state index contributed by atoms with van der Waals surface area (Å²) in [5, 5.41) is 0. The number of hydrogen-bond donors (Lipinski definition) is 0. The number of rotatable bonds is 3. The highest BCUT2D eigenvalue weighted by Crippen LogP contribution is 2.13. The summed E-state index contributed by atoms with van der Waals surface area (Å²) < 4.78 is 12.9. The highest BCUT2D eigenvalue weighted by atomic mass is 19.1. The van der Waals surface area contributed by atoms with Crippen LogP contribution < -0.4 is 0 Å². The van der Waals surface area contributed by atoms with Crippen LogP contribution in [-0.2, 0) is 6.54 Å². The van der Waals surface area contributed by atoms with Gasteiger partial charge >= 0.3 is 0 Å². The highest BCUT2D eigenvalue weighted by molar-refractivity contribution is 5.94. The van der Waals surface area contributed by atoms with Crippen molar-refractivity contribution in [2.45, 2.75) is 13.5 Å². The van der Waals surface area contributed by atoms with E-state index in [1.165, 1.54) is 23.3 Å². The summed E-state index contributed by atoms with van der Waals surface area (Å²) in [6, 6.07) is 14.3. The highest BCUT2D eigenvalue weighted by Gasteiger charge is 2.22. The molecule has 1 heterocycles. The lowest BCUT2D eigenvalue weighted by Gasteiger charge is -2.34. The van der Waals surface area contributed by atoms with Gasteiger partial charge in [0.1, 0.15) is 5.82 Å². The van der Waals surface area contributed by atoms with Gasteiger partial charge in [-0.3, -0.25) is 9.69 Å². The van der Waals surface area contributed by atoms with Gasteiger partial charge in [-0.2, -0.15) is 0 Å². The van der Waals surface area contributed by atoms with Gasteiger partial charge < -0.3 is 4.90 Å². The van der Waals surface area contributed by atoms with Crippen LogP contribution in [0, 0.1) is 12.7 Å². The number of carbonyl (C=O) groups excluding carboxylic acids is 1. The fourth-order valence-electron chi connectivity index (χ4n) is 2.84. The van der Waals surface area contributed by atoms with Crippen molar-refractivity contribution in [3.8, 4) is 0 Å². The standard InChI is InChI=1S/C19H21FN2O/c1-15-2-4-16(5-3-15)14-21-10-12-22(13-11-21)19(23)17-6-8-18(20)9-7-17/h2-9H,10-14H2,1H3. The summed E-state index contributed by atoms with van der Waals surface area (Å²) in [4.78, 5) is 16.6. The zero-order valence-electron chi connectivity index (χ0n) is 13.3. The number of aryl methyl sites for hydroxylation is 1. The summed E-state index contributed by atoms with van der Waals surface area (Å²) >= 11 is 0. The second-order valence-electron chi connectivity index (χ2n) is 6.06. The Bertz CT molecular complexity index is 659. The molecule has 0 radical (unpaired) electrons. The third kappa shape index (κ3) is 3.96. The van der Waals surface area contributed by atoms with Gasteiger partial charge in [-0.25, -0.2) is 4.39 Å². The van der Waals surface area contributed by atoms with Crippen molar-refractivity contribution in [1.82, 2.24) is 9.80 Å². The van der Waals surface area contributed by atoms with E-state index in [2.05, 4.69) is 36.1 Å². The Hall–Kier alpha value is -2.20. The average molecular weight is 312 g/mol. The molecular weight excluding hydrogens is 291 g/mol. The summed E-state index contributed by atoms with van der Waals surface area (Å²) in [5.41, 5.74) is 3.12. The predicted molar refractivity (Wildman–Crippen MR) is 88.8 cm³/mol. The summed E-state index contributed by atoms with van der Waals surface area (Å²) in [6.07, 6.45) is 0. The maximum Gasteiger partial charge on any atom is 0.253 e. The van der Waals surface area contributed by atoms with Crippen LogP contribution in [-0.4, -0.2) is 41.9 Å².